The van der Waals surface area contributed by atoms with E-state index >= 15 is 0 Å². The molecule has 3 heterocycles. The Hall–Kier alpha value is -2.93. The van der Waals surface area contributed by atoms with E-state index in [0.717, 1.165) is 11.1 Å². The third-order valence-electron chi connectivity index (χ3n) is 4.89. The van der Waals surface area contributed by atoms with Crippen LogP contribution in [0.5, 0.6) is 0 Å². The minimum Gasteiger partial charge on any atom is -0.383 e. The first-order valence-electron chi connectivity index (χ1n) is 8.63. The van der Waals surface area contributed by atoms with Gasteiger partial charge in [-0.05, 0) is 43.5 Å². The van der Waals surface area contributed by atoms with Gasteiger partial charge in [-0.25, -0.2) is 14.3 Å². The number of carbonyl (C=O) groups excluding carboxylic acids is 1. The fraction of sp³-hybridized carbons (Fsp3) is 0.316. The number of hydrogen-bond donors (Lipinski definition) is 2. The Balaban J connectivity index is 1.54. The highest BCUT2D eigenvalue weighted by Crippen LogP contribution is 2.34. The van der Waals surface area contributed by atoms with E-state index in [1.165, 1.54) is 0 Å². The number of β-amino-alcohol motifs (C(OH)–C–C–N with tert-alkyl or cyclic N) is 1. The number of aromatic nitrogens is 3. The molecule has 7 heteroatoms. The van der Waals surface area contributed by atoms with Crippen LogP contribution in [-0.2, 0) is 5.60 Å². The smallest absolute Gasteiger partial charge is 0.322 e. The first-order valence-corrected chi connectivity index (χ1v) is 8.63. The molecule has 4 rings (SSSR count). The van der Waals surface area contributed by atoms with Crippen LogP contribution in [0.25, 0.3) is 5.65 Å². The maximum Gasteiger partial charge on any atom is 0.322 e. The van der Waals surface area contributed by atoms with Crippen LogP contribution in [-0.4, -0.2) is 43.7 Å². The number of amides is 2. The minimum absolute atomic E-state index is 0.247. The van der Waals surface area contributed by atoms with E-state index in [2.05, 4.69) is 15.4 Å². The van der Waals surface area contributed by atoms with Crippen LogP contribution in [0.2, 0.25) is 0 Å². The zero-order chi connectivity index (χ0) is 18.3. The van der Waals surface area contributed by atoms with Crippen molar-refractivity contribution >= 4 is 17.4 Å². The number of aryl methyl sites for hydroxylation is 2. The first-order chi connectivity index (χ1) is 12.5. The van der Waals surface area contributed by atoms with Crippen molar-refractivity contribution < 1.29 is 9.90 Å². The maximum atomic E-state index is 12.7. The molecule has 7 nitrogen and oxygen atoms in total. The number of aliphatic hydroxyl groups is 1. The first kappa shape index (κ1) is 16.5. The highest BCUT2D eigenvalue weighted by Gasteiger charge is 2.40. The van der Waals surface area contributed by atoms with Gasteiger partial charge >= 0.3 is 6.03 Å². The topological polar surface area (TPSA) is 82.8 Å². The molecule has 26 heavy (non-hydrogen) atoms. The second-order valence-electron chi connectivity index (χ2n) is 6.80. The second-order valence-corrected chi connectivity index (χ2v) is 6.80. The quantitative estimate of drug-likeness (QED) is 0.743. The summed E-state index contributed by atoms with van der Waals surface area (Å²) >= 11 is 0. The lowest BCUT2D eigenvalue weighted by Gasteiger charge is -2.25. The highest BCUT2D eigenvalue weighted by atomic mass is 16.3. The van der Waals surface area contributed by atoms with Crippen LogP contribution >= 0.6 is 0 Å². The molecule has 1 aromatic carbocycles. The molecule has 2 N–H and O–H groups in total. The molecule has 0 radical (unpaired) electrons. The third-order valence-corrected chi connectivity index (χ3v) is 4.89. The van der Waals surface area contributed by atoms with Gasteiger partial charge in [0.15, 0.2) is 5.65 Å². The molecule has 2 aromatic heterocycles. The van der Waals surface area contributed by atoms with Crippen LogP contribution in [0.1, 0.15) is 23.4 Å². The molecule has 1 aliphatic heterocycles. The lowest BCUT2D eigenvalue weighted by Crippen LogP contribution is -2.37. The fourth-order valence-electron chi connectivity index (χ4n) is 3.59. The Morgan fingerprint density at radius 2 is 2.04 bits per heavy atom. The average Bonchev–Trinajstić information content (AvgIpc) is 3.19. The average molecular weight is 351 g/mol. The molecule has 134 valence electrons. The van der Waals surface area contributed by atoms with Crippen molar-refractivity contribution in [2.75, 3.05) is 18.4 Å². The Bertz CT molecular complexity index is 983. The predicted octanol–water partition coefficient (Wildman–Crippen LogP) is 2.47. The van der Waals surface area contributed by atoms with E-state index in [0.29, 0.717) is 30.1 Å². The highest BCUT2D eigenvalue weighted by molar-refractivity contribution is 5.93. The number of pyridine rings is 1. The summed E-state index contributed by atoms with van der Waals surface area (Å²) < 4.78 is 1.64. The number of urea groups is 1. The lowest BCUT2D eigenvalue weighted by molar-refractivity contribution is 0.0494. The van der Waals surface area contributed by atoms with E-state index in [9.17, 15) is 9.90 Å². The number of benzene rings is 1. The van der Waals surface area contributed by atoms with Crippen LogP contribution < -0.4 is 5.32 Å². The van der Waals surface area contributed by atoms with E-state index in [1.54, 1.807) is 28.6 Å². The molecule has 0 aliphatic carbocycles. The third kappa shape index (κ3) is 2.80. The maximum absolute atomic E-state index is 12.7. The molecule has 1 aliphatic rings. The standard InChI is InChI=1S/C19H21N5O2/c1-13-6-3-4-7-15(13)19(26)9-11-23(12-19)18(25)21-16-8-5-10-24-17(16)20-14(2)22-24/h3-8,10,26H,9,11-12H2,1-2H3,(H,21,25)/t19-/m1/s1. The summed E-state index contributed by atoms with van der Waals surface area (Å²) in [6.45, 7) is 4.54. The van der Waals surface area contributed by atoms with Gasteiger partial charge in [-0.3, -0.25) is 0 Å². The Morgan fingerprint density at radius 1 is 1.23 bits per heavy atom. The van der Waals surface area contributed by atoms with E-state index < -0.39 is 5.60 Å². The SMILES string of the molecule is Cc1nc2c(NC(=O)N3CC[C@](O)(c4ccccc4C)C3)cccn2n1. The number of anilines is 1. The summed E-state index contributed by atoms with van der Waals surface area (Å²) in [5.41, 5.74) is 2.10. The van der Waals surface area contributed by atoms with Crippen molar-refractivity contribution in [3.63, 3.8) is 0 Å². The fourth-order valence-corrected chi connectivity index (χ4v) is 3.59. The molecular weight excluding hydrogens is 330 g/mol. The Morgan fingerprint density at radius 3 is 2.85 bits per heavy atom. The van der Waals surface area contributed by atoms with Crippen molar-refractivity contribution in [1.82, 2.24) is 19.5 Å². The number of nitrogens with one attached hydrogen (secondary N) is 1. The van der Waals surface area contributed by atoms with Gasteiger partial charge in [0.1, 0.15) is 11.4 Å². The van der Waals surface area contributed by atoms with Crippen molar-refractivity contribution in [3.05, 3.63) is 59.5 Å². The van der Waals surface area contributed by atoms with Crippen LogP contribution in [0.3, 0.4) is 0 Å². The Labute approximate surface area is 151 Å². The van der Waals surface area contributed by atoms with Gasteiger partial charge in [0.25, 0.3) is 0 Å². The van der Waals surface area contributed by atoms with Gasteiger partial charge in [-0.15, -0.1) is 0 Å². The van der Waals surface area contributed by atoms with E-state index in [1.807, 2.05) is 37.3 Å². The van der Waals surface area contributed by atoms with Gasteiger partial charge < -0.3 is 15.3 Å². The van der Waals surface area contributed by atoms with Crippen molar-refractivity contribution in [3.8, 4) is 0 Å². The molecule has 1 fully saturated rings. The zero-order valence-corrected chi connectivity index (χ0v) is 14.8. The molecule has 0 bridgehead atoms. The number of nitrogens with zero attached hydrogens (tertiary/aromatic N) is 4. The van der Waals surface area contributed by atoms with Crippen LogP contribution in [0.4, 0.5) is 10.5 Å². The van der Waals surface area contributed by atoms with Gasteiger partial charge in [0.2, 0.25) is 0 Å². The molecule has 1 saturated heterocycles. The van der Waals surface area contributed by atoms with Gasteiger partial charge in [0, 0.05) is 12.7 Å². The van der Waals surface area contributed by atoms with Gasteiger partial charge in [0.05, 0.1) is 12.2 Å². The molecule has 3 aromatic rings. The molecule has 2 amide bonds. The lowest BCUT2D eigenvalue weighted by atomic mass is 9.89. The van der Waals surface area contributed by atoms with Crippen LogP contribution in [0, 0.1) is 13.8 Å². The summed E-state index contributed by atoms with van der Waals surface area (Å²) in [5.74, 6) is 0.641. The largest absolute Gasteiger partial charge is 0.383 e. The molecule has 0 unspecified atom stereocenters. The monoisotopic (exact) mass is 351 g/mol. The second kappa shape index (κ2) is 6.10. The molecular formula is C19H21N5O2. The summed E-state index contributed by atoms with van der Waals surface area (Å²) in [7, 11) is 0. The van der Waals surface area contributed by atoms with E-state index in [4.69, 9.17) is 0 Å². The number of rotatable bonds is 2. The van der Waals surface area contributed by atoms with E-state index in [-0.39, 0.29) is 12.6 Å². The number of hydrogen-bond acceptors (Lipinski definition) is 4. The van der Waals surface area contributed by atoms with Gasteiger partial charge in [-0.1, -0.05) is 24.3 Å². The summed E-state index contributed by atoms with van der Waals surface area (Å²) in [4.78, 5) is 18.7. The predicted molar refractivity (Wildman–Crippen MR) is 98.0 cm³/mol. The van der Waals surface area contributed by atoms with Crippen molar-refractivity contribution in [1.29, 1.82) is 0 Å². The minimum atomic E-state index is -1.01. The summed E-state index contributed by atoms with van der Waals surface area (Å²) in [5, 5.41) is 18.2. The van der Waals surface area contributed by atoms with Crippen molar-refractivity contribution in [2.45, 2.75) is 25.9 Å². The summed E-state index contributed by atoms with van der Waals surface area (Å²) in [6, 6.07) is 11.1. The summed E-state index contributed by atoms with van der Waals surface area (Å²) in [6.07, 6.45) is 2.30. The number of fused-ring (bicyclic) bond motifs is 1. The zero-order valence-electron chi connectivity index (χ0n) is 14.8. The number of likely N-dealkylation sites (tertiary alicyclic amines) is 1. The van der Waals surface area contributed by atoms with Crippen molar-refractivity contribution in [2.24, 2.45) is 0 Å². The molecule has 1 atom stereocenters. The Kier molecular flexibility index (Phi) is 3.88. The molecule has 0 spiro atoms. The van der Waals surface area contributed by atoms with Gasteiger partial charge in [-0.2, -0.15) is 5.10 Å². The normalized spacial score (nSPS) is 19.9. The van der Waals surface area contributed by atoms with Crippen LogP contribution in [0.15, 0.2) is 42.6 Å². The molecule has 0 saturated carbocycles. The number of carbonyl (C=O) groups is 1.